The van der Waals surface area contributed by atoms with Gasteiger partial charge in [0, 0.05) is 29.7 Å². The smallest absolute Gasteiger partial charge is 0.338 e. The fraction of sp³-hybridized carbons (Fsp3) is 0.136. The molecule has 1 heterocycles. The van der Waals surface area contributed by atoms with Gasteiger partial charge in [-0.1, -0.05) is 6.07 Å². The molecule has 3 aromatic rings. The standard InChI is InChI=1S/C22H15F3O7/c23-13-3-10(4-14(24)20(13)25)22(30)32-19-8-12-16(28)6-11(26)7-18(12)31-21(19)9-1-2-15(27)17(29)5-9/h1-7,19,21,26-29H,8H2/t19-,21-/m1/s1. The number of hydrogen-bond acceptors (Lipinski definition) is 7. The maximum atomic E-state index is 13.5. The Labute approximate surface area is 178 Å². The number of aromatic hydroxyl groups is 4. The molecule has 0 radical (unpaired) electrons. The number of carbonyl (C=O) groups is 1. The second kappa shape index (κ2) is 7.88. The maximum absolute atomic E-state index is 13.5. The largest absolute Gasteiger partial charge is 0.508 e. The van der Waals surface area contributed by atoms with Crippen molar-refractivity contribution in [3.05, 3.63) is 76.6 Å². The van der Waals surface area contributed by atoms with E-state index in [1.54, 1.807) is 0 Å². The Morgan fingerprint density at radius 3 is 2.25 bits per heavy atom. The van der Waals surface area contributed by atoms with Crippen molar-refractivity contribution in [3.8, 4) is 28.7 Å². The van der Waals surface area contributed by atoms with E-state index in [0.717, 1.165) is 12.1 Å². The third kappa shape index (κ3) is 3.82. The summed E-state index contributed by atoms with van der Waals surface area (Å²) in [6.45, 7) is 0. The highest BCUT2D eigenvalue weighted by molar-refractivity contribution is 5.89. The Balaban J connectivity index is 1.72. The first-order valence-corrected chi connectivity index (χ1v) is 9.23. The van der Waals surface area contributed by atoms with Crippen LogP contribution in [0.3, 0.4) is 0 Å². The van der Waals surface area contributed by atoms with Crippen molar-refractivity contribution in [1.82, 2.24) is 0 Å². The number of fused-ring (bicyclic) bond motifs is 1. The molecule has 3 aromatic carbocycles. The molecule has 7 nitrogen and oxygen atoms in total. The first-order chi connectivity index (χ1) is 15.1. The van der Waals surface area contributed by atoms with Gasteiger partial charge in [-0.05, 0) is 24.3 Å². The van der Waals surface area contributed by atoms with Gasteiger partial charge in [0.25, 0.3) is 0 Å². The van der Waals surface area contributed by atoms with Gasteiger partial charge in [-0.25, -0.2) is 18.0 Å². The normalized spacial score (nSPS) is 17.3. The van der Waals surface area contributed by atoms with E-state index < -0.39 is 52.7 Å². The molecule has 1 aliphatic heterocycles. The molecule has 0 aliphatic carbocycles. The van der Waals surface area contributed by atoms with Gasteiger partial charge in [0.2, 0.25) is 0 Å². The summed E-state index contributed by atoms with van der Waals surface area (Å²) in [5.41, 5.74) is -0.145. The lowest BCUT2D eigenvalue weighted by Gasteiger charge is -2.34. The van der Waals surface area contributed by atoms with Crippen LogP contribution in [0.1, 0.15) is 27.6 Å². The molecule has 0 saturated heterocycles. The quantitative estimate of drug-likeness (QED) is 0.273. The zero-order chi connectivity index (χ0) is 23.2. The first-order valence-electron chi connectivity index (χ1n) is 9.23. The third-order valence-electron chi connectivity index (χ3n) is 4.97. The highest BCUT2D eigenvalue weighted by Crippen LogP contribution is 2.44. The van der Waals surface area contributed by atoms with Crippen LogP contribution < -0.4 is 4.74 Å². The average molecular weight is 448 g/mol. The summed E-state index contributed by atoms with van der Waals surface area (Å²) < 4.78 is 51.4. The summed E-state index contributed by atoms with van der Waals surface area (Å²) in [4.78, 5) is 12.6. The molecular weight excluding hydrogens is 433 g/mol. The van der Waals surface area contributed by atoms with Crippen molar-refractivity contribution in [2.45, 2.75) is 18.6 Å². The van der Waals surface area contributed by atoms with Gasteiger partial charge in [0.05, 0.1) is 5.56 Å². The molecule has 0 aromatic heterocycles. The highest BCUT2D eigenvalue weighted by Gasteiger charge is 2.37. The van der Waals surface area contributed by atoms with Crippen molar-refractivity contribution in [1.29, 1.82) is 0 Å². The van der Waals surface area contributed by atoms with Crippen LogP contribution in [0.5, 0.6) is 28.7 Å². The third-order valence-corrected chi connectivity index (χ3v) is 4.97. The highest BCUT2D eigenvalue weighted by atomic mass is 19.2. The molecule has 10 heteroatoms. The lowest BCUT2D eigenvalue weighted by molar-refractivity contribution is -0.0189. The Morgan fingerprint density at radius 2 is 1.59 bits per heavy atom. The zero-order valence-electron chi connectivity index (χ0n) is 16.1. The van der Waals surface area contributed by atoms with Gasteiger partial charge in [0.1, 0.15) is 23.4 Å². The number of rotatable bonds is 3. The van der Waals surface area contributed by atoms with E-state index in [4.69, 9.17) is 9.47 Å². The molecule has 0 amide bonds. The summed E-state index contributed by atoms with van der Waals surface area (Å²) in [5, 5.41) is 39.3. The van der Waals surface area contributed by atoms with Crippen molar-refractivity contribution in [2.24, 2.45) is 0 Å². The van der Waals surface area contributed by atoms with E-state index >= 15 is 0 Å². The number of phenols is 4. The van der Waals surface area contributed by atoms with Crippen LogP contribution in [0.4, 0.5) is 13.2 Å². The van der Waals surface area contributed by atoms with Crippen molar-refractivity contribution >= 4 is 5.97 Å². The Morgan fingerprint density at radius 1 is 0.906 bits per heavy atom. The van der Waals surface area contributed by atoms with E-state index in [9.17, 15) is 38.4 Å². The number of ether oxygens (including phenoxy) is 2. The van der Waals surface area contributed by atoms with Gasteiger partial charge >= 0.3 is 5.97 Å². The van der Waals surface area contributed by atoms with Gasteiger partial charge in [-0.15, -0.1) is 0 Å². The van der Waals surface area contributed by atoms with Crippen molar-refractivity contribution < 1.29 is 47.9 Å². The topological polar surface area (TPSA) is 116 Å². The molecular formula is C22H15F3O7. The van der Waals surface area contributed by atoms with E-state index in [1.807, 2.05) is 0 Å². The SMILES string of the molecule is O=C(O[C@@H]1Cc2c(O)cc(O)cc2O[C@@H]1c1ccc(O)c(O)c1)c1cc(F)c(F)c(F)c1. The van der Waals surface area contributed by atoms with Crippen molar-refractivity contribution in [3.63, 3.8) is 0 Å². The zero-order valence-corrected chi connectivity index (χ0v) is 16.1. The van der Waals surface area contributed by atoms with Gasteiger partial charge < -0.3 is 29.9 Å². The number of hydrogen-bond donors (Lipinski definition) is 4. The minimum Gasteiger partial charge on any atom is -0.508 e. The molecule has 32 heavy (non-hydrogen) atoms. The second-order valence-electron chi connectivity index (χ2n) is 7.13. The summed E-state index contributed by atoms with van der Waals surface area (Å²) in [7, 11) is 0. The number of benzene rings is 3. The maximum Gasteiger partial charge on any atom is 0.338 e. The van der Waals surface area contributed by atoms with Gasteiger partial charge in [-0.2, -0.15) is 0 Å². The van der Waals surface area contributed by atoms with Gasteiger partial charge in [0.15, 0.2) is 35.1 Å². The Bertz CT molecular complexity index is 1210. The summed E-state index contributed by atoms with van der Waals surface area (Å²) in [6, 6.07) is 6.96. The minimum absolute atomic E-state index is 0.0752. The van der Waals surface area contributed by atoms with Crippen LogP contribution in [-0.2, 0) is 11.2 Å². The number of carbonyl (C=O) groups excluding carboxylic acids is 1. The van der Waals surface area contributed by atoms with Crippen LogP contribution in [0, 0.1) is 17.5 Å². The molecule has 4 N–H and O–H groups in total. The molecule has 0 fully saturated rings. The number of phenolic OH excluding ortho intramolecular Hbond substituents is 4. The second-order valence-corrected chi connectivity index (χ2v) is 7.13. The molecule has 166 valence electrons. The van der Waals surface area contributed by atoms with E-state index in [2.05, 4.69) is 0 Å². The number of halogens is 3. The monoisotopic (exact) mass is 448 g/mol. The van der Waals surface area contributed by atoms with Crippen LogP contribution in [-0.4, -0.2) is 32.5 Å². The molecule has 0 unspecified atom stereocenters. The van der Waals surface area contributed by atoms with E-state index in [0.29, 0.717) is 12.1 Å². The van der Waals surface area contributed by atoms with Crippen LogP contribution in [0.2, 0.25) is 0 Å². The first kappa shape index (κ1) is 21.2. The summed E-state index contributed by atoms with van der Waals surface area (Å²) >= 11 is 0. The lowest BCUT2D eigenvalue weighted by Crippen LogP contribution is -2.34. The fourth-order valence-corrected chi connectivity index (χ4v) is 3.43. The molecule has 0 spiro atoms. The molecule has 1 aliphatic rings. The fourth-order valence-electron chi connectivity index (χ4n) is 3.43. The average Bonchev–Trinajstić information content (AvgIpc) is 2.73. The Hall–Kier alpha value is -4.08. The Kier molecular flexibility index (Phi) is 5.21. The summed E-state index contributed by atoms with van der Waals surface area (Å²) in [6.07, 6.45) is -2.41. The minimum atomic E-state index is -1.74. The summed E-state index contributed by atoms with van der Waals surface area (Å²) in [5.74, 6) is -7.52. The van der Waals surface area contributed by atoms with Crippen molar-refractivity contribution in [2.75, 3.05) is 0 Å². The van der Waals surface area contributed by atoms with E-state index in [1.165, 1.54) is 18.2 Å². The van der Waals surface area contributed by atoms with Crippen LogP contribution in [0.15, 0.2) is 42.5 Å². The molecule has 2 atom stereocenters. The molecule has 0 saturated carbocycles. The van der Waals surface area contributed by atoms with Gasteiger partial charge in [-0.3, -0.25) is 0 Å². The van der Waals surface area contributed by atoms with Crippen LogP contribution in [0.25, 0.3) is 0 Å². The number of esters is 1. The van der Waals surface area contributed by atoms with E-state index in [-0.39, 0.29) is 34.8 Å². The molecule has 4 rings (SSSR count). The molecule has 0 bridgehead atoms. The predicted molar refractivity (Wildman–Crippen MR) is 102 cm³/mol. The predicted octanol–water partition coefficient (Wildman–Crippen LogP) is 3.83. The lowest BCUT2D eigenvalue weighted by atomic mass is 9.93. The van der Waals surface area contributed by atoms with Crippen LogP contribution >= 0.6 is 0 Å².